The maximum absolute atomic E-state index is 4.44. The topological polar surface area (TPSA) is 12.9 Å². The fraction of sp³-hybridized carbons (Fsp3) is 0.214. The second-order valence-corrected chi connectivity index (χ2v) is 3.61. The van der Waals surface area contributed by atoms with Gasteiger partial charge in [0.1, 0.15) is 0 Å². The second-order valence-electron chi connectivity index (χ2n) is 3.61. The molecule has 1 aromatic carbocycles. The molecule has 0 fully saturated rings. The van der Waals surface area contributed by atoms with Gasteiger partial charge in [-0.2, -0.15) is 0 Å². The molecule has 1 heteroatoms. The van der Waals surface area contributed by atoms with Crippen LogP contribution >= 0.6 is 0 Å². The van der Waals surface area contributed by atoms with Crippen LogP contribution in [0.15, 0.2) is 48.7 Å². The van der Waals surface area contributed by atoms with Crippen molar-refractivity contribution in [3.63, 3.8) is 0 Å². The summed E-state index contributed by atoms with van der Waals surface area (Å²) in [6, 6.07) is 14.6. The van der Waals surface area contributed by atoms with Crippen LogP contribution in [-0.4, -0.2) is 4.98 Å². The van der Waals surface area contributed by atoms with Crippen molar-refractivity contribution in [2.24, 2.45) is 0 Å². The monoisotopic (exact) mass is 197 g/mol. The second kappa shape index (κ2) is 4.74. The zero-order valence-corrected chi connectivity index (χ0v) is 8.98. The number of hydrogen-bond donors (Lipinski definition) is 0. The van der Waals surface area contributed by atoms with Crippen LogP contribution in [0, 0.1) is 0 Å². The standard InChI is InChI=1S/C14H15N/c1-2-7-14-13(10-6-11-15-14)12-8-4-3-5-9-12/h3-6,8-11H,2,7H2,1H3. The first-order chi connectivity index (χ1) is 7.42. The Balaban J connectivity index is 2.43. The van der Waals surface area contributed by atoms with E-state index in [4.69, 9.17) is 0 Å². The van der Waals surface area contributed by atoms with E-state index in [0.717, 1.165) is 12.8 Å². The van der Waals surface area contributed by atoms with E-state index >= 15 is 0 Å². The Bertz CT molecular complexity index is 420. The molecule has 15 heavy (non-hydrogen) atoms. The van der Waals surface area contributed by atoms with Crippen molar-refractivity contribution in [2.45, 2.75) is 19.8 Å². The van der Waals surface area contributed by atoms with Crippen molar-refractivity contribution in [3.05, 3.63) is 54.4 Å². The van der Waals surface area contributed by atoms with Gasteiger partial charge < -0.3 is 0 Å². The largest absolute Gasteiger partial charge is 0.261 e. The summed E-state index contributed by atoms with van der Waals surface area (Å²) in [6.45, 7) is 2.18. The molecule has 0 unspecified atom stereocenters. The number of aromatic nitrogens is 1. The molecule has 0 N–H and O–H groups in total. The Morgan fingerprint density at radius 1 is 1.00 bits per heavy atom. The molecule has 0 aliphatic carbocycles. The van der Waals surface area contributed by atoms with Crippen LogP contribution in [0.5, 0.6) is 0 Å². The van der Waals surface area contributed by atoms with Crippen molar-refractivity contribution in [3.8, 4) is 11.1 Å². The lowest BCUT2D eigenvalue weighted by Crippen LogP contribution is -1.92. The predicted octanol–water partition coefficient (Wildman–Crippen LogP) is 3.70. The van der Waals surface area contributed by atoms with Crippen molar-refractivity contribution >= 4 is 0 Å². The molecular weight excluding hydrogens is 182 g/mol. The third-order valence-corrected chi connectivity index (χ3v) is 2.46. The summed E-state index contributed by atoms with van der Waals surface area (Å²) >= 11 is 0. The number of benzene rings is 1. The van der Waals surface area contributed by atoms with E-state index < -0.39 is 0 Å². The molecule has 0 amide bonds. The molecule has 2 rings (SSSR count). The third kappa shape index (κ3) is 2.24. The van der Waals surface area contributed by atoms with E-state index in [2.05, 4.69) is 42.2 Å². The van der Waals surface area contributed by atoms with Gasteiger partial charge in [-0.3, -0.25) is 4.98 Å². The van der Waals surface area contributed by atoms with Crippen LogP contribution in [0.1, 0.15) is 19.0 Å². The number of aryl methyl sites for hydroxylation is 1. The number of rotatable bonds is 3. The lowest BCUT2D eigenvalue weighted by molar-refractivity contribution is 0.885. The molecule has 1 nitrogen and oxygen atoms in total. The number of pyridine rings is 1. The summed E-state index contributed by atoms with van der Waals surface area (Å²) < 4.78 is 0. The first kappa shape index (κ1) is 9.91. The van der Waals surface area contributed by atoms with Gasteiger partial charge in [-0.1, -0.05) is 49.7 Å². The molecule has 0 saturated heterocycles. The van der Waals surface area contributed by atoms with Crippen LogP contribution in [0.2, 0.25) is 0 Å². The smallest absolute Gasteiger partial charge is 0.0481 e. The normalized spacial score (nSPS) is 10.2. The SMILES string of the molecule is CCCc1ncccc1-c1ccccc1. The highest BCUT2D eigenvalue weighted by molar-refractivity contribution is 5.65. The summed E-state index contributed by atoms with van der Waals surface area (Å²) in [5, 5.41) is 0. The molecule has 0 atom stereocenters. The molecule has 0 spiro atoms. The molecule has 0 aliphatic heterocycles. The van der Waals surface area contributed by atoms with Gasteiger partial charge in [0, 0.05) is 17.5 Å². The van der Waals surface area contributed by atoms with Gasteiger partial charge in [0.05, 0.1) is 0 Å². The van der Waals surface area contributed by atoms with Crippen molar-refractivity contribution in [2.75, 3.05) is 0 Å². The minimum atomic E-state index is 1.05. The van der Waals surface area contributed by atoms with E-state index in [1.54, 1.807) is 0 Å². The van der Waals surface area contributed by atoms with Gasteiger partial charge in [-0.15, -0.1) is 0 Å². The van der Waals surface area contributed by atoms with Crippen molar-refractivity contribution in [1.82, 2.24) is 4.98 Å². The Kier molecular flexibility index (Phi) is 3.13. The van der Waals surface area contributed by atoms with Gasteiger partial charge >= 0.3 is 0 Å². The first-order valence-corrected chi connectivity index (χ1v) is 5.41. The van der Waals surface area contributed by atoms with Gasteiger partial charge in [0.15, 0.2) is 0 Å². The Morgan fingerprint density at radius 3 is 2.53 bits per heavy atom. The van der Waals surface area contributed by atoms with Gasteiger partial charge in [0.25, 0.3) is 0 Å². The highest BCUT2D eigenvalue weighted by Gasteiger charge is 2.03. The Labute approximate surface area is 90.8 Å². The summed E-state index contributed by atoms with van der Waals surface area (Å²) in [5.41, 5.74) is 3.72. The van der Waals surface area contributed by atoms with E-state index in [9.17, 15) is 0 Å². The third-order valence-electron chi connectivity index (χ3n) is 2.46. The zero-order valence-electron chi connectivity index (χ0n) is 8.98. The first-order valence-electron chi connectivity index (χ1n) is 5.41. The Morgan fingerprint density at radius 2 is 1.80 bits per heavy atom. The number of hydrogen-bond acceptors (Lipinski definition) is 1. The molecule has 0 aliphatic rings. The molecule has 2 aromatic rings. The molecular formula is C14H15N. The molecule has 1 heterocycles. The molecule has 0 bridgehead atoms. The summed E-state index contributed by atoms with van der Waals surface area (Å²) in [7, 11) is 0. The highest BCUT2D eigenvalue weighted by Crippen LogP contribution is 2.22. The highest BCUT2D eigenvalue weighted by atomic mass is 14.7. The van der Waals surface area contributed by atoms with E-state index in [0.29, 0.717) is 0 Å². The fourth-order valence-electron chi connectivity index (χ4n) is 1.75. The summed E-state index contributed by atoms with van der Waals surface area (Å²) in [5.74, 6) is 0. The Hall–Kier alpha value is -1.63. The van der Waals surface area contributed by atoms with Gasteiger partial charge in [-0.25, -0.2) is 0 Å². The minimum absolute atomic E-state index is 1.05. The quantitative estimate of drug-likeness (QED) is 0.731. The van der Waals surface area contributed by atoms with Crippen LogP contribution in [0.25, 0.3) is 11.1 Å². The minimum Gasteiger partial charge on any atom is -0.261 e. The summed E-state index contributed by atoms with van der Waals surface area (Å²) in [4.78, 5) is 4.44. The van der Waals surface area contributed by atoms with E-state index in [1.165, 1.54) is 16.8 Å². The predicted molar refractivity (Wildman–Crippen MR) is 63.7 cm³/mol. The average molecular weight is 197 g/mol. The summed E-state index contributed by atoms with van der Waals surface area (Å²) in [6.07, 6.45) is 4.05. The van der Waals surface area contributed by atoms with Crippen LogP contribution in [0.3, 0.4) is 0 Å². The molecule has 0 saturated carbocycles. The lowest BCUT2D eigenvalue weighted by atomic mass is 10.0. The van der Waals surface area contributed by atoms with Crippen molar-refractivity contribution in [1.29, 1.82) is 0 Å². The van der Waals surface area contributed by atoms with Gasteiger partial charge in [0.2, 0.25) is 0 Å². The maximum atomic E-state index is 4.44. The van der Waals surface area contributed by atoms with Crippen LogP contribution in [-0.2, 0) is 6.42 Å². The van der Waals surface area contributed by atoms with Crippen LogP contribution in [0.4, 0.5) is 0 Å². The van der Waals surface area contributed by atoms with Crippen LogP contribution < -0.4 is 0 Å². The molecule has 0 radical (unpaired) electrons. The fourth-order valence-corrected chi connectivity index (χ4v) is 1.75. The molecule has 1 aromatic heterocycles. The van der Waals surface area contributed by atoms with E-state index in [-0.39, 0.29) is 0 Å². The zero-order chi connectivity index (χ0) is 10.5. The average Bonchev–Trinajstić information content (AvgIpc) is 2.31. The van der Waals surface area contributed by atoms with Gasteiger partial charge in [-0.05, 0) is 18.1 Å². The maximum Gasteiger partial charge on any atom is 0.0481 e. The van der Waals surface area contributed by atoms with E-state index in [1.807, 2.05) is 18.3 Å². The van der Waals surface area contributed by atoms with Crippen molar-refractivity contribution < 1.29 is 0 Å². The molecule has 76 valence electrons. The number of nitrogens with zero attached hydrogens (tertiary/aromatic N) is 1. The lowest BCUT2D eigenvalue weighted by Gasteiger charge is -2.06.